The fourth-order valence-electron chi connectivity index (χ4n) is 3.18. The van der Waals surface area contributed by atoms with Gasteiger partial charge in [-0.15, -0.1) is 0 Å². The molecule has 120 valence electrons. The molecule has 0 aromatic carbocycles. The van der Waals surface area contributed by atoms with E-state index in [4.69, 9.17) is 0 Å². The molecule has 1 aromatic heterocycles. The van der Waals surface area contributed by atoms with Crippen molar-refractivity contribution < 1.29 is 4.79 Å². The average Bonchev–Trinajstić information content (AvgIpc) is 2.51. The summed E-state index contributed by atoms with van der Waals surface area (Å²) in [5.41, 5.74) is 0.875. The van der Waals surface area contributed by atoms with E-state index in [-0.39, 0.29) is 5.91 Å². The van der Waals surface area contributed by atoms with Crippen LogP contribution in [0.1, 0.15) is 56.9 Å². The van der Waals surface area contributed by atoms with Crippen LogP contribution in [0, 0.1) is 5.92 Å². The molecule has 2 N–H and O–H groups in total. The van der Waals surface area contributed by atoms with E-state index in [1.54, 1.807) is 12.4 Å². The first-order chi connectivity index (χ1) is 10.8. The van der Waals surface area contributed by atoms with Gasteiger partial charge >= 0.3 is 0 Å². The lowest BCUT2D eigenvalue weighted by Gasteiger charge is -2.26. The molecule has 2 aliphatic rings. The van der Waals surface area contributed by atoms with E-state index < -0.39 is 0 Å². The van der Waals surface area contributed by atoms with Crippen molar-refractivity contribution >= 4 is 11.9 Å². The van der Waals surface area contributed by atoms with Crippen molar-refractivity contribution in [2.75, 3.05) is 11.9 Å². The molecule has 2 saturated carbocycles. The van der Waals surface area contributed by atoms with Crippen LogP contribution in [0.3, 0.4) is 0 Å². The smallest absolute Gasteiger partial charge is 0.224 e. The van der Waals surface area contributed by atoms with Crippen LogP contribution in [0.4, 0.5) is 5.95 Å². The van der Waals surface area contributed by atoms with Crippen molar-refractivity contribution in [2.45, 2.75) is 63.8 Å². The van der Waals surface area contributed by atoms with E-state index in [1.165, 1.54) is 38.5 Å². The number of hydrogen-bond donors (Lipinski definition) is 2. The monoisotopic (exact) mass is 302 g/mol. The van der Waals surface area contributed by atoms with Crippen LogP contribution in [0.15, 0.2) is 12.4 Å². The molecule has 0 unspecified atom stereocenters. The first-order valence-electron chi connectivity index (χ1n) is 8.64. The van der Waals surface area contributed by atoms with Gasteiger partial charge in [-0.25, -0.2) is 9.97 Å². The van der Waals surface area contributed by atoms with Crippen molar-refractivity contribution in [3.63, 3.8) is 0 Å². The third-order valence-corrected chi connectivity index (χ3v) is 4.81. The molecule has 1 heterocycles. The fourth-order valence-corrected chi connectivity index (χ4v) is 3.18. The molecule has 2 fully saturated rings. The molecule has 0 bridgehead atoms. The summed E-state index contributed by atoms with van der Waals surface area (Å²) in [5, 5.41) is 6.36. The summed E-state index contributed by atoms with van der Waals surface area (Å²) in [6.07, 6.45) is 14.1. The minimum Gasteiger partial charge on any atom is -0.354 e. The van der Waals surface area contributed by atoms with Gasteiger partial charge in [0.25, 0.3) is 0 Å². The predicted octanol–water partition coefficient (Wildman–Crippen LogP) is 2.68. The lowest BCUT2D eigenvalue weighted by atomic mass is 9.89. The van der Waals surface area contributed by atoms with E-state index in [0.717, 1.165) is 30.9 Å². The number of anilines is 1. The SMILES string of the molecule is O=C(Cc1cnc(NCC2CCCCC2)nc1)NC1CCC1. The number of aromatic nitrogens is 2. The number of carbonyl (C=O) groups excluding carboxylic acids is 1. The second-order valence-corrected chi connectivity index (χ2v) is 6.67. The van der Waals surface area contributed by atoms with Crippen molar-refractivity contribution in [2.24, 2.45) is 5.92 Å². The van der Waals surface area contributed by atoms with E-state index in [1.807, 2.05) is 0 Å². The minimum absolute atomic E-state index is 0.0798. The van der Waals surface area contributed by atoms with E-state index >= 15 is 0 Å². The van der Waals surface area contributed by atoms with Gasteiger partial charge in [-0.1, -0.05) is 19.3 Å². The summed E-state index contributed by atoms with van der Waals surface area (Å²) in [6.45, 7) is 0.960. The summed E-state index contributed by atoms with van der Waals surface area (Å²) < 4.78 is 0. The zero-order valence-electron chi connectivity index (χ0n) is 13.2. The highest BCUT2D eigenvalue weighted by atomic mass is 16.1. The van der Waals surface area contributed by atoms with Gasteiger partial charge in [0.05, 0.1) is 6.42 Å². The Balaban J connectivity index is 1.42. The highest BCUT2D eigenvalue weighted by molar-refractivity contribution is 5.78. The number of hydrogen-bond acceptors (Lipinski definition) is 4. The Morgan fingerprint density at radius 2 is 1.77 bits per heavy atom. The second kappa shape index (κ2) is 7.56. The van der Waals surface area contributed by atoms with Gasteiger partial charge in [-0.3, -0.25) is 4.79 Å². The molecule has 5 nitrogen and oxygen atoms in total. The Morgan fingerprint density at radius 1 is 1.05 bits per heavy atom. The highest BCUT2D eigenvalue weighted by Crippen LogP contribution is 2.23. The summed E-state index contributed by atoms with van der Waals surface area (Å²) in [5.74, 6) is 1.51. The Labute approximate surface area is 132 Å². The van der Waals surface area contributed by atoms with Crippen LogP contribution in [-0.4, -0.2) is 28.5 Å². The van der Waals surface area contributed by atoms with Crippen LogP contribution in [0.2, 0.25) is 0 Å². The van der Waals surface area contributed by atoms with Crippen molar-refractivity contribution in [1.82, 2.24) is 15.3 Å². The lowest BCUT2D eigenvalue weighted by Crippen LogP contribution is -2.40. The third-order valence-electron chi connectivity index (χ3n) is 4.81. The maximum absolute atomic E-state index is 11.9. The Bertz CT molecular complexity index is 478. The van der Waals surface area contributed by atoms with Gasteiger partial charge in [0.2, 0.25) is 11.9 Å². The van der Waals surface area contributed by atoms with Crippen molar-refractivity contribution in [3.8, 4) is 0 Å². The molecule has 0 spiro atoms. The van der Waals surface area contributed by atoms with E-state index in [0.29, 0.717) is 18.4 Å². The average molecular weight is 302 g/mol. The third kappa shape index (κ3) is 4.42. The van der Waals surface area contributed by atoms with Gasteiger partial charge in [0, 0.05) is 25.0 Å². The standard InChI is InChI=1S/C17H26N4O/c22-16(21-15-7-4-8-15)9-14-11-19-17(20-12-14)18-10-13-5-2-1-3-6-13/h11-13,15H,1-10H2,(H,21,22)(H,18,19,20). The zero-order valence-corrected chi connectivity index (χ0v) is 13.2. The maximum atomic E-state index is 11.9. The number of carbonyl (C=O) groups is 1. The van der Waals surface area contributed by atoms with Crippen LogP contribution >= 0.6 is 0 Å². The topological polar surface area (TPSA) is 66.9 Å². The quantitative estimate of drug-likeness (QED) is 0.848. The highest BCUT2D eigenvalue weighted by Gasteiger charge is 2.19. The summed E-state index contributed by atoms with van der Waals surface area (Å²) in [4.78, 5) is 20.5. The summed E-state index contributed by atoms with van der Waals surface area (Å²) >= 11 is 0. The molecule has 0 saturated heterocycles. The zero-order chi connectivity index (χ0) is 15.2. The molecule has 5 heteroatoms. The van der Waals surface area contributed by atoms with Gasteiger partial charge in [-0.05, 0) is 43.6 Å². The van der Waals surface area contributed by atoms with E-state index in [2.05, 4.69) is 20.6 Å². The molecule has 0 aliphatic heterocycles. The second-order valence-electron chi connectivity index (χ2n) is 6.67. The fraction of sp³-hybridized carbons (Fsp3) is 0.706. The molecule has 0 atom stereocenters. The molecule has 1 amide bonds. The summed E-state index contributed by atoms with van der Waals surface area (Å²) in [7, 11) is 0. The number of nitrogens with zero attached hydrogens (tertiary/aromatic N) is 2. The number of amides is 1. The van der Waals surface area contributed by atoms with Gasteiger partial charge < -0.3 is 10.6 Å². The molecular formula is C17H26N4O. The molecule has 3 rings (SSSR count). The van der Waals surface area contributed by atoms with Crippen LogP contribution in [0.25, 0.3) is 0 Å². The molecule has 0 radical (unpaired) electrons. The van der Waals surface area contributed by atoms with Crippen LogP contribution in [0.5, 0.6) is 0 Å². The number of nitrogens with one attached hydrogen (secondary N) is 2. The van der Waals surface area contributed by atoms with Crippen LogP contribution < -0.4 is 10.6 Å². The van der Waals surface area contributed by atoms with Gasteiger partial charge in [0.1, 0.15) is 0 Å². The normalized spacial score (nSPS) is 19.5. The Kier molecular flexibility index (Phi) is 5.24. The van der Waals surface area contributed by atoms with Crippen molar-refractivity contribution in [3.05, 3.63) is 18.0 Å². The molecule has 1 aromatic rings. The maximum Gasteiger partial charge on any atom is 0.224 e. The number of rotatable bonds is 6. The van der Waals surface area contributed by atoms with Gasteiger partial charge in [0.15, 0.2) is 0 Å². The molecule has 2 aliphatic carbocycles. The van der Waals surface area contributed by atoms with Crippen LogP contribution in [-0.2, 0) is 11.2 Å². The molecule has 22 heavy (non-hydrogen) atoms. The van der Waals surface area contributed by atoms with E-state index in [9.17, 15) is 4.79 Å². The lowest BCUT2D eigenvalue weighted by molar-refractivity contribution is -0.121. The minimum atomic E-state index is 0.0798. The van der Waals surface area contributed by atoms with Crippen molar-refractivity contribution in [1.29, 1.82) is 0 Å². The summed E-state index contributed by atoms with van der Waals surface area (Å²) in [6, 6.07) is 0.393. The first kappa shape index (κ1) is 15.3. The first-order valence-corrected chi connectivity index (χ1v) is 8.64. The predicted molar refractivity (Wildman–Crippen MR) is 86.6 cm³/mol. The largest absolute Gasteiger partial charge is 0.354 e. The van der Waals surface area contributed by atoms with Gasteiger partial charge in [-0.2, -0.15) is 0 Å². The molecular weight excluding hydrogens is 276 g/mol. The Morgan fingerprint density at radius 3 is 2.41 bits per heavy atom. The Hall–Kier alpha value is -1.65.